The summed E-state index contributed by atoms with van der Waals surface area (Å²) in [5, 5.41) is 10.8. The SMILES string of the molecule is CC(=O)/C=C(/C)O.COc1c[c-]c(-c2cc(-c3cccc4ccccc34)ccn2)c(OC)c1.[Pt]. The first-order valence-corrected chi connectivity index (χ1v) is 10.4. The van der Waals surface area contributed by atoms with Gasteiger partial charge in [0.25, 0.3) is 0 Å². The number of hydrogen-bond donors (Lipinski definition) is 1. The van der Waals surface area contributed by atoms with Crippen LogP contribution >= 0.6 is 0 Å². The zero-order valence-electron chi connectivity index (χ0n) is 19.4. The van der Waals surface area contributed by atoms with Gasteiger partial charge >= 0.3 is 0 Å². The minimum atomic E-state index is -0.125. The molecule has 4 rings (SSSR count). The van der Waals surface area contributed by atoms with E-state index in [4.69, 9.17) is 14.6 Å². The maximum Gasteiger partial charge on any atom is 0.155 e. The van der Waals surface area contributed by atoms with Crippen molar-refractivity contribution in [2.75, 3.05) is 14.2 Å². The van der Waals surface area contributed by atoms with E-state index in [1.165, 1.54) is 36.3 Å². The van der Waals surface area contributed by atoms with Crippen LogP contribution < -0.4 is 9.47 Å². The van der Waals surface area contributed by atoms with Gasteiger partial charge in [0.15, 0.2) is 5.78 Å². The van der Waals surface area contributed by atoms with Crippen LogP contribution in [0.25, 0.3) is 33.2 Å². The summed E-state index contributed by atoms with van der Waals surface area (Å²) < 4.78 is 10.8. The van der Waals surface area contributed by atoms with Crippen molar-refractivity contribution in [3.05, 3.63) is 90.8 Å². The molecule has 4 aromatic rings. The molecule has 6 heteroatoms. The van der Waals surface area contributed by atoms with Crippen molar-refractivity contribution in [1.29, 1.82) is 0 Å². The number of carbonyl (C=O) groups is 1. The van der Waals surface area contributed by atoms with Crippen LogP contribution in [0, 0.1) is 6.07 Å². The van der Waals surface area contributed by atoms with E-state index in [0.29, 0.717) is 11.5 Å². The van der Waals surface area contributed by atoms with Gasteiger partial charge in [-0.25, -0.2) is 0 Å². The Balaban J connectivity index is 0.000000449. The number of allylic oxidation sites excluding steroid dienone is 2. The van der Waals surface area contributed by atoms with Crippen LogP contribution in [0.15, 0.2) is 84.8 Å². The number of nitrogens with zero attached hydrogens (tertiary/aromatic N) is 1. The fourth-order valence-electron chi connectivity index (χ4n) is 3.44. The number of ether oxygens (including phenoxy) is 2. The molecule has 1 heterocycles. The van der Waals surface area contributed by atoms with Crippen LogP contribution in [0.5, 0.6) is 11.5 Å². The quantitative estimate of drug-likeness (QED) is 0.156. The molecule has 34 heavy (non-hydrogen) atoms. The third-order valence-electron chi connectivity index (χ3n) is 4.86. The number of pyridine rings is 1. The van der Waals surface area contributed by atoms with E-state index in [1.54, 1.807) is 20.3 Å². The zero-order valence-corrected chi connectivity index (χ0v) is 21.7. The Hall–Kier alpha value is -3.43. The second kappa shape index (κ2) is 12.7. The summed E-state index contributed by atoms with van der Waals surface area (Å²) in [5.41, 5.74) is 3.92. The average Bonchev–Trinajstić information content (AvgIpc) is 2.83. The molecule has 1 aromatic heterocycles. The fourth-order valence-corrected chi connectivity index (χ4v) is 3.44. The van der Waals surface area contributed by atoms with Gasteiger partial charge in [0.2, 0.25) is 0 Å². The topological polar surface area (TPSA) is 68.7 Å². The molecule has 0 aliphatic rings. The Bertz CT molecular complexity index is 1290. The molecular formula is C28H26NO4Pt-. The van der Waals surface area contributed by atoms with Crippen molar-refractivity contribution >= 4 is 16.6 Å². The molecular weight excluding hydrogens is 609 g/mol. The number of carbonyl (C=O) groups excluding carboxylic acids is 1. The smallest absolute Gasteiger partial charge is 0.155 e. The normalized spacial score (nSPS) is 10.5. The van der Waals surface area contributed by atoms with Gasteiger partial charge < -0.3 is 19.6 Å². The van der Waals surface area contributed by atoms with Crippen molar-refractivity contribution in [2.24, 2.45) is 0 Å². The van der Waals surface area contributed by atoms with Crippen molar-refractivity contribution < 1.29 is 40.4 Å². The molecule has 0 unspecified atom stereocenters. The molecule has 5 nitrogen and oxygen atoms in total. The molecule has 0 radical (unpaired) electrons. The summed E-state index contributed by atoms with van der Waals surface area (Å²) in [6.07, 6.45) is 2.99. The molecule has 0 fully saturated rings. The van der Waals surface area contributed by atoms with E-state index in [1.807, 2.05) is 18.3 Å². The van der Waals surface area contributed by atoms with Crippen LogP contribution in [-0.2, 0) is 25.9 Å². The number of rotatable bonds is 5. The van der Waals surface area contributed by atoms with Gasteiger partial charge in [-0.2, -0.15) is 0 Å². The summed E-state index contributed by atoms with van der Waals surface area (Å²) >= 11 is 0. The predicted octanol–water partition coefficient (Wildman–Crippen LogP) is 6.42. The van der Waals surface area contributed by atoms with Gasteiger partial charge in [0, 0.05) is 44.8 Å². The minimum Gasteiger partial charge on any atom is -0.540 e. The van der Waals surface area contributed by atoms with Gasteiger partial charge in [0.1, 0.15) is 0 Å². The first-order chi connectivity index (χ1) is 15.9. The Morgan fingerprint density at radius 2 is 1.74 bits per heavy atom. The van der Waals surface area contributed by atoms with E-state index < -0.39 is 0 Å². The van der Waals surface area contributed by atoms with Crippen molar-refractivity contribution in [3.8, 4) is 33.9 Å². The molecule has 0 bridgehead atoms. The number of aliphatic hydroxyl groups is 1. The molecule has 0 saturated heterocycles. The molecule has 178 valence electrons. The third kappa shape index (κ3) is 6.79. The van der Waals surface area contributed by atoms with E-state index >= 15 is 0 Å². The second-order valence-corrected chi connectivity index (χ2v) is 7.34. The van der Waals surface area contributed by atoms with Crippen LogP contribution in [-0.4, -0.2) is 30.1 Å². The average molecular weight is 636 g/mol. The van der Waals surface area contributed by atoms with Crippen molar-refractivity contribution in [1.82, 2.24) is 4.98 Å². The molecule has 0 aliphatic carbocycles. The number of aliphatic hydroxyl groups excluding tert-OH is 1. The van der Waals surface area contributed by atoms with Gasteiger partial charge in [-0.1, -0.05) is 60.2 Å². The Labute approximate surface area is 214 Å². The predicted molar refractivity (Wildman–Crippen MR) is 132 cm³/mol. The first kappa shape index (κ1) is 26.8. The number of methoxy groups -OCH3 is 2. The van der Waals surface area contributed by atoms with Gasteiger partial charge in [-0.3, -0.25) is 4.79 Å². The minimum absolute atomic E-state index is 0. The molecule has 0 aliphatic heterocycles. The maximum atomic E-state index is 10.0. The van der Waals surface area contributed by atoms with E-state index in [2.05, 4.69) is 59.6 Å². The van der Waals surface area contributed by atoms with Gasteiger partial charge in [0.05, 0.1) is 20.0 Å². The van der Waals surface area contributed by atoms with Crippen molar-refractivity contribution in [3.63, 3.8) is 0 Å². The number of aromatic nitrogens is 1. The number of hydrogen-bond acceptors (Lipinski definition) is 5. The summed E-state index contributed by atoms with van der Waals surface area (Å²) in [7, 11) is 3.27. The molecule has 0 spiro atoms. The van der Waals surface area contributed by atoms with Gasteiger partial charge in [-0.15, -0.1) is 12.1 Å². The number of benzene rings is 3. The fraction of sp³-hybridized carbons (Fsp3) is 0.143. The first-order valence-electron chi connectivity index (χ1n) is 10.4. The summed E-state index contributed by atoms with van der Waals surface area (Å²) in [6, 6.07) is 25.7. The Morgan fingerprint density at radius 3 is 2.38 bits per heavy atom. The van der Waals surface area contributed by atoms with Crippen molar-refractivity contribution in [2.45, 2.75) is 13.8 Å². The Kier molecular flexibility index (Phi) is 10.0. The Morgan fingerprint density at radius 1 is 1.00 bits per heavy atom. The monoisotopic (exact) mass is 635 g/mol. The second-order valence-electron chi connectivity index (χ2n) is 7.34. The van der Waals surface area contributed by atoms with E-state index in [-0.39, 0.29) is 32.6 Å². The summed E-state index contributed by atoms with van der Waals surface area (Å²) in [5.74, 6) is 1.33. The number of ketones is 1. The van der Waals surface area contributed by atoms with Crippen LogP contribution in [0.3, 0.4) is 0 Å². The molecule has 1 N–H and O–H groups in total. The van der Waals surface area contributed by atoms with Crippen LogP contribution in [0.4, 0.5) is 0 Å². The standard InChI is InChI=1S/C23H18NO2.C5H8O2.Pt/c1-25-18-10-11-21(23(15-18)26-2)22-14-17(12-13-24-22)20-9-5-7-16-6-3-4-8-19(16)20;1-4(6)3-5(2)7;/h3-10,12-15H,1-2H3;3,6H,1-2H3;/q-1;;/b;4-3-;. The largest absolute Gasteiger partial charge is 0.540 e. The molecule has 0 saturated carbocycles. The molecule has 3 aromatic carbocycles. The van der Waals surface area contributed by atoms with Gasteiger partial charge in [-0.05, 0) is 47.5 Å². The maximum absolute atomic E-state index is 10.0. The zero-order chi connectivity index (χ0) is 23.8. The van der Waals surface area contributed by atoms with E-state index in [0.717, 1.165) is 16.8 Å². The summed E-state index contributed by atoms with van der Waals surface area (Å²) in [4.78, 5) is 14.5. The molecule has 0 amide bonds. The molecule has 0 atom stereocenters. The summed E-state index contributed by atoms with van der Waals surface area (Å²) in [6.45, 7) is 2.85. The van der Waals surface area contributed by atoms with Crippen LogP contribution in [0.1, 0.15) is 13.8 Å². The number of fused-ring (bicyclic) bond motifs is 1. The van der Waals surface area contributed by atoms with E-state index in [9.17, 15) is 4.79 Å². The third-order valence-corrected chi connectivity index (χ3v) is 4.86. The van der Waals surface area contributed by atoms with Crippen LogP contribution in [0.2, 0.25) is 0 Å².